The fourth-order valence-electron chi connectivity index (χ4n) is 1.99. The highest BCUT2D eigenvalue weighted by atomic mass is 35.5. The lowest BCUT2D eigenvalue weighted by Gasteiger charge is -2.09. The zero-order valence-corrected chi connectivity index (χ0v) is 12.7. The highest BCUT2D eigenvalue weighted by molar-refractivity contribution is 7.98. The van der Waals surface area contributed by atoms with E-state index in [4.69, 9.17) is 11.6 Å². The molecule has 0 radical (unpaired) electrons. The van der Waals surface area contributed by atoms with Crippen LogP contribution in [0.25, 0.3) is 16.7 Å². The van der Waals surface area contributed by atoms with Crippen LogP contribution in [0.15, 0.2) is 39.1 Å². The fraction of sp³-hybridized carbons (Fsp3) is 0.0769. The molecule has 0 aliphatic rings. The van der Waals surface area contributed by atoms with Crippen molar-refractivity contribution in [3.8, 4) is 5.69 Å². The molecule has 0 bridgehead atoms. The molecule has 22 heavy (non-hydrogen) atoms. The van der Waals surface area contributed by atoms with E-state index in [0.29, 0.717) is 9.72 Å². The summed E-state index contributed by atoms with van der Waals surface area (Å²) in [5.74, 6) is -0.777. The Morgan fingerprint density at radius 3 is 2.82 bits per heavy atom. The van der Waals surface area contributed by atoms with Gasteiger partial charge in [-0.25, -0.2) is 23.7 Å². The second-order valence-corrected chi connectivity index (χ2v) is 5.44. The van der Waals surface area contributed by atoms with Crippen molar-refractivity contribution in [2.24, 2.45) is 0 Å². The first-order valence-electron chi connectivity index (χ1n) is 6.03. The molecule has 0 spiro atoms. The number of aromatic nitrogens is 4. The number of H-pyrrole nitrogens is 1. The predicted octanol–water partition coefficient (Wildman–Crippen LogP) is 1.98. The summed E-state index contributed by atoms with van der Waals surface area (Å²) in [6.07, 6.45) is 3.05. The average Bonchev–Trinajstić information content (AvgIpc) is 2.49. The third-order valence-corrected chi connectivity index (χ3v) is 3.84. The molecule has 0 atom stereocenters. The number of benzene rings is 1. The maximum Gasteiger partial charge on any atom is 0.334 e. The predicted molar refractivity (Wildman–Crippen MR) is 82.5 cm³/mol. The zero-order valence-electron chi connectivity index (χ0n) is 11.1. The van der Waals surface area contributed by atoms with Gasteiger partial charge in [-0.1, -0.05) is 29.4 Å². The van der Waals surface area contributed by atoms with Gasteiger partial charge in [0.1, 0.15) is 16.9 Å². The lowest BCUT2D eigenvalue weighted by Crippen LogP contribution is -2.34. The quantitative estimate of drug-likeness (QED) is 0.571. The number of aromatic amines is 1. The Morgan fingerprint density at radius 1 is 1.36 bits per heavy atom. The van der Waals surface area contributed by atoms with Crippen molar-refractivity contribution < 1.29 is 4.39 Å². The molecule has 6 nitrogen and oxygen atoms in total. The maximum absolute atomic E-state index is 14.0. The molecule has 0 saturated carbocycles. The highest BCUT2D eigenvalue weighted by Gasteiger charge is 2.17. The van der Waals surface area contributed by atoms with Gasteiger partial charge < -0.3 is 0 Å². The molecule has 0 aliphatic heterocycles. The van der Waals surface area contributed by atoms with Gasteiger partial charge in [0.05, 0.1) is 5.02 Å². The third-order valence-electron chi connectivity index (χ3n) is 2.97. The summed E-state index contributed by atoms with van der Waals surface area (Å²) in [4.78, 5) is 35.1. The minimum atomic E-state index is -0.824. The summed E-state index contributed by atoms with van der Waals surface area (Å²) >= 11 is 7.19. The van der Waals surface area contributed by atoms with Gasteiger partial charge in [-0.3, -0.25) is 9.78 Å². The normalized spacial score (nSPS) is 11.0. The van der Waals surface area contributed by atoms with Crippen molar-refractivity contribution in [2.45, 2.75) is 5.16 Å². The number of para-hydroxylation sites is 1. The van der Waals surface area contributed by atoms with Crippen LogP contribution in [-0.4, -0.2) is 25.8 Å². The largest absolute Gasteiger partial charge is 0.334 e. The first-order valence-corrected chi connectivity index (χ1v) is 7.63. The number of hydrogen-bond donors (Lipinski definition) is 1. The second-order valence-electron chi connectivity index (χ2n) is 4.26. The Hall–Kier alpha value is -2.19. The Balaban J connectivity index is 2.42. The lowest BCUT2D eigenvalue weighted by atomic mass is 10.3. The number of rotatable bonds is 2. The number of nitrogens with one attached hydrogen (secondary N) is 1. The minimum absolute atomic E-state index is 0.0476. The molecule has 1 N–H and O–H groups in total. The van der Waals surface area contributed by atoms with Crippen molar-refractivity contribution in [2.75, 3.05) is 6.26 Å². The van der Waals surface area contributed by atoms with Crippen LogP contribution >= 0.6 is 23.4 Å². The van der Waals surface area contributed by atoms with Gasteiger partial charge in [-0.15, -0.1) is 0 Å². The van der Waals surface area contributed by atoms with E-state index < -0.39 is 17.1 Å². The van der Waals surface area contributed by atoms with Gasteiger partial charge in [-0.05, 0) is 18.4 Å². The van der Waals surface area contributed by atoms with Gasteiger partial charge in [-0.2, -0.15) is 0 Å². The molecule has 0 amide bonds. The molecular formula is C13H8ClFN4O2S. The van der Waals surface area contributed by atoms with Crippen LogP contribution in [0.4, 0.5) is 4.39 Å². The third kappa shape index (κ3) is 2.30. The molecule has 3 rings (SSSR count). The van der Waals surface area contributed by atoms with Gasteiger partial charge in [0.25, 0.3) is 5.56 Å². The summed E-state index contributed by atoms with van der Waals surface area (Å²) in [6, 6.07) is 3.89. The zero-order chi connectivity index (χ0) is 15.9. The Kier molecular flexibility index (Phi) is 3.71. The van der Waals surface area contributed by atoms with E-state index in [2.05, 4.69) is 15.0 Å². The molecule has 9 heteroatoms. The summed E-state index contributed by atoms with van der Waals surface area (Å²) in [5, 5.41) is 0.426. The van der Waals surface area contributed by atoms with Gasteiger partial charge in [0.15, 0.2) is 10.8 Å². The van der Waals surface area contributed by atoms with Crippen LogP contribution in [0.2, 0.25) is 5.02 Å². The number of halogens is 2. The smallest absolute Gasteiger partial charge is 0.291 e. The van der Waals surface area contributed by atoms with Crippen LogP contribution in [0.3, 0.4) is 0 Å². The molecular weight excluding hydrogens is 331 g/mol. The maximum atomic E-state index is 14.0. The standard InChI is InChI=1S/C13H8ClFN4O2S/c1-22-12-16-5-6-10(17-12)18-13(21)19(11(6)20)9-7(14)3-2-4-8(9)15/h2-5H,1H3,(H,16,17,18,21). The Labute approximate surface area is 132 Å². The molecule has 0 saturated heterocycles. The first-order chi connectivity index (χ1) is 10.5. The summed E-state index contributed by atoms with van der Waals surface area (Å²) in [6.45, 7) is 0. The van der Waals surface area contributed by atoms with Crippen molar-refractivity contribution in [1.29, 1.82) is 0 Å². The summed E-state index contributed by atoms with van der Waals surface area (Å²) < 4.78 is 14.6. The first kappa shape index (κ1) is 14.7. The Morgan fingerprint density at radius 2 is 2.14 bits per heavy atom. The van der Waals surface area contributed by atoms with E-state index >= 15 is 0 Å². The number of hydrogen-bond acceptors (Lipinski definition) is 5. The molecule has 0 unspecified atom stereocenters. The molecule has 3 aromatic rings. The van der Waals surface area contributed by atoms with Crippen molar-refractivity contribution >= 4 is 34.4 Å². The number of thioether (sulfide) groups is 1. The minimum Gasteiger partial charge on any atom is -0.291 e. The van der Waals surface area contributed by atoms with E-state index in [1.54, 1.807) is 6.26 Å². The van der Waals surface area contributed by atoms with E-state index in [1.165, 1.54) is 30.1 Å². The topological polar surface area (TPSA) is 80.6 Å². The molecule has 112 valence electrons. The van der Waals surface area contributed by atoms with Crippen LogP contribution < -0.4 is 11.2 Å². The lowest BCUT2D eigenvalue weighted by molar-refractivity contribution is 0.613. The molecule has 2 heterocycles. The van der Waals surface area contributed by atoms with E-state index in [-0.39, 0.29) is 21.7 Å². The highest BCUT2D eigenvalue weighted by Crippen LogP contribution is 2.21. The molecule has 1 aromatic carbocycles. The monoisotopic (exact) mass is 338 g/mol. The van der Waals surface area contributed by atoms with E-state index in [9.17, 15) is 14.0 Å². The molecule has 0 fully saturated rings. The van der Waals surface area contributed by atoms with Crippen LogP contribution in [0.5, 0.6) is 0 Å². The average molecular weight is 339 g/mol. The van der Waals surface area contributed by atoms with Crippen molar-refractivity contribution in [1.82, 2.24) is 19.5 Å². The molecule has 0 aliphatic carbocycles. The number of fused-ring (bicyclic) bond motifs is 1. The van der Waals surface area contributed by atoms with Crippen molar-refractivity contribution in [3.63, 3.8) is 0 Å². The Bertz CT molecular complexity index is 981. The second kappa shape index (κ2) is 5.54. The summed E-state index contributed by atoms with van der Waals surface area (Å²) in [5.41, 5.74) is -1.77. The van der Waals surface area contributed by atoms with Crippen LogP contribution in [0, 0.1) is 5.82 Å². The summed E-state index contributed by atoms with van der Waals surface area (Å²) in [7, 11) is 0. The van der Waals surface area contributed by atoms with E-state index in [1.807, 2.05) is 0 Å². The fourth-order valence-corrected chi connectivity index (χ4v) is 2.58. The van der Waals surface area contributed by atoms with Crippen LogP contribution in [-0.2, 0) is 0 Å². The van der Waals surface area contributed by atoms with Crippen LogP contribution in [0.1, 0.15) is 0 Å². The van der Waals surface area contributed by atoms with Gasteiger partial charge in [0.2, 0.25) is 0 Å². The van der Waals surface area contributed by atoms with E-state index in [0.717, 1.165) is 6.07 Å². The molecule has 2 aromatic heterocycles. The van der Waals surface area contributed by atoms with Gasteiger partial charge in [0, 0.05) is 6.20 Å². The number of nitrogens with zero attached hydrogens (tertiary/aromatic N) is 3. The SMILES string of the molecule is CSc1ncc2c(=O)n(-c3c(F)cccc3Cl)c(=O)[nH]c2n1. The van der Waals surface area contributed by atoms with Gasteiger partial charge >= 0.3 is 5.69 Å². The van der Waals surface area contributed by atoms with Crippen molar-refractivity contribution in [3.05, 3.63) is 56.1 Å².